The van der Waals surface area contributed by atoms with Crippen molar-refractivity contribution < 1.29 is 23.9 Å². The van der Waals surface area contributed by atoms with Crippen molar-refractivity contribution in [2.24, 2.45) is 0 Å². The molecule has 2 aromatic carbocycles. The van der Waals surface area contributed by atoms with Gasteiger partial charge >= 0.3 is 0 Å². The topological polar surface area (TPSA) is 93.8 Å². The maximum atomic E-state index is 13.6. The fourth-order valence-corrected chi connectivity index (χ4v) is 4.91. The minimum Gasteiger partial charge on any atom is -0.504 e. The number of aromatic nitrogens is 1. The minimum absolute atomic E-state index is 0.0372. The van der Waals surface area contributed by atoms with Gasteiger partial charge in [-0.05, 0) is 61.6 Å². The first-order valence-corrected chi connectivity index (χ1v) is 11.1. The Morgan fingerprint density at radius 1 is 1.15 bits per heavy atom. The number of phenolic OH excluding ortho intramolecular Hbond substituents is 1. The summed E-state index contributed by atoms with van der Waals surface area (Å²) in [5, 5.41) is 17.5. The first-order valence-electron chi connectivity index (χ1n) is 11.1. The molecule has 2 heterocycles. The number of phenols is 1. The Labute approximate surface area is 192 Å². The predicted octanol–water partition coefficient (Wildman–Crippen LogP) is 5.05. The summed E-state index contributed by atoms with van der Waals surface area (Å²) in [7, 11) is 1.52. The SMILES string of the molecule is CCOc1ccc(C2C3=C(CC(c4ccc(O)c(OC)c4)CC3=O)Nc3onc(C)c32)cc1. The maximum absolute atomic E-state index is 13.6. The molecule has 3 aromatic rings. The monoisotopic (exact) mass is 446 g/mol. The van der Waals surface area contributed by atoms with Crippen LogP contribution < -0.4 is 14.8 Å². The average Bonchev–Trinajstić information content (AvgIpc) is 3.19. The van der Waals surface area contributed by atoms with Crippen LogP contribution in [0.2, 0.25) is 0 Å². The van der Waals surface area contributed by atoms with E-state index in [-0.39, 0.29) is 23.4 Å². The third kappa shape index (κ3) is 3.63. The molecule has 2 atom stereocenters. The molecule has 0 saturated heterocycles. The molecule has 1 aliphatic carbocycles. The molecule has 5 rings (SSSR count). The number of carbonyl (C=O) groups is 1. The summed E-state index contributed by atoms with van der Waals surface area (Å²) in [6.07, 6.45) is 1.02. The van der Waals surface area contributed by atoms with Gasteiger partial charge in [-0.2, -0.15) is 0 Å². The van der Waals surface area contributed by atoms with Crippen molar-refractivity contribution in [3.63, 3.8) is 0 Å². The Bertz CT molecular complexity index is 1240. The van der Waals surface area contributed by atoms with Gasteiger partial charge in [0.25, 0.3) is 0 Å². The molecular formula is C26H26N2O5. The number of aromatic hydroxyl groups is 1. The summed E-state index contributed by atoms with van der Waals surface area (Å²) in [5.41, 5.74) is 5.23. The van der Waals surface area contributed by atoms with E-state index in [9.17, 15) is 9.90 Å². The molecule has 0 bridgehead atoms. The lowest BCUT2D eigenvalue weighted by molar-refractivity contribution is -0.116. The zero-order valence-electron chi connectivity index (χ0n) is 18.8. The van der Waals surface area contributed by atoms with Gasteiger partial charge in [-0.3, -0.25) is 4.79 Å². The number of methoxy groups -OCH3 is 1. The zero-order chi connectivity index (χ0) is 23.1. The fourth-order valence-electron chi connectivity index (χ4n) is 4.91. The van der Waals surface area contributed by atoms with Crippen LogP contribution in [0.4, 0.5) is 5.88 Å². The summed E-state index contributed by atoms with van der Waals surface area (Å²) < 4.78 is 16.5. The lowest BCUT2D eigenvalue weighted by atomic mass is 9.72. The van der Waals surface area contributed by atoms with E-state index in [2.05, 4.69) is 10.5 Å². The molecule has 1 aromatic heterocycles. The van der Waals surface area contributed by atoms with Crippen LogP contribution in [0.15, 0.2) is 58.3 Å². The van der Waals surface area contributed by atoms with Crippen molar-refractivity contribution in [3.05, 3.63) is 76.1 Å². The van der Waals surface area contributed by atoms with Crippen LogP contribution in [0.5, 0.6) is 17.2 Å². The molecule has 33 heavy (non-hydrogen) atoms. The number of ketones is 1. The smallest absolute Gasteiger partial charge is 0.233 e. The quantitative estimate of drug-likeness (QED) is 0.566. The van der Waals surface area contributed by atoms with Crippen LogP contribution in [-0.2, 0) is 4.79 Å². The second-order valence-corrected chi connectivity index (χ2v) is 8.42. The van der Waals surface area contributed by atoms with Crippen molar-refractivity contribution in [3.8, 4) is 17.2 Å². The van der Waals surface area contributed by atoms with Gasteiger partial charge in [0.1, 0.15) is 5.75 Å². The van der Waals surface area contributed by atoms with Crippen molar-refractivity contribution in [1.82, 2.24) is 5.16 Å². The number of nitrogens with zero attached hydrogens (tertiary/aromatic N) is 1. The number of benzene rings is 2. The molecule has 1 aliphatic heterocycles. The summed E-state index contributed by atoms with van der Waals surface area (Å²) >= 11 is 0. The number of ether oxygens (including phenoxy) is 2. The molecule has 2 N–H and O–H groups in total. The lowest BCUT2D eigenvalue weighted by Gasteiger charge is -2.34. The fraction of sp³-hybridized carbons (Fsp3) is 0.308. The average molecular weight is 447 g/mol. The van der Waals surface area contributed by atoms with Gasteiger partial charge in [-0.15, -0.1) is 0 Å². The molecule has 7 heteroatoms. The van der Waals surface area contributed by atoms with Gasteiger partial charge in [0.2, 0.25) is 5.88 Å². The van der Waals surface area contributed by atoms with E-state index in [0.717, 1.165) is 39.4 Å². The number of hydrogen-bond donors (Lipinski definition) is 2. The highest BCUT2D eigenvalue weighted by Crippen LogP contribution is 2.49. The van der Waals surface area contributed by atoms with Gasteiger partial charge in [0, 0.05) is 23.6 Å². The van der Waals surface area contributed by atoms with Crippen LogP contribution in [0.25, 0.3) is 0 Å². The van der Waals surface area contributed by atoms with Crippen molar-refractivity contribution in [1.29, 1.82) is 0 Å². The Kier molecular flexibility index (Phi) is 5.32. The van der Waals surface area contributed by atoms with E-state index < -0.39 is 0 Å². The minimum atomic E-state index is -0.249. The van der Waals surface area contributed by atoms with E-state index in [1.54, 1.807) is 12.1 Å². The molecule has 170 valence electrons. The van der Waals surface area contributed by atoms with Gasteiger partial charge in [-0.25, -0.2) is 0 Å². The highest BCUT2D eigenvalue weighted by molar-refractivity contribution is 6.01. The second kappa shape index (κ2) is 8.31. The third-order valence-electron chi connectivity index (χ3n) is 6.46. The lowest BCUT2D eigenvalue weighted by Crippen LogP contribution is -2.29. The van der Waals surface area contributed by atoms with Crippen LogP contribution in [0.1, 0.15) is 54.0 Å². The highest BCUT2D eigenvalue weighted by Gasteiger charge is 2.41. The number of allylic oxidation sites excluding steroid dienone is 2. The molecule has 0 spiro atoms. The largest absolute Gasteiger partial charge is 0.504 e. The summed E-state index contributed by atoms with van der Waals surface area (Å²) in [5.74, 6) is 1.66. The summed E-state index contributed by atoms with van der Waals surface area (Å²) in [6, 6.07) is 13.1. The van der Waals surface area contributed by atoms with Crippen LogP contribution in [-0.4, -0.2) is 29.8 Å². The molecular weight excluding hydrogens is 420 g/mol. The number of nitrogens with one attached hydrogen (secondary N) is 1. The van der Waals surface area contributed by atoms with Crippen molar-refractivity contribution in [2.75, 3.05) is 19.0 Å². The van der Waals surface area contributed by atoms with E-state index >= 15 is 0 Å². The second-order valence-electron chi connectivity index (χ2n) is 8.42. The summed E-state index contributed by atoms with van der Waals surface area (Å²) in [4.78, 5) is 13.6. The molecule has 2 unspecified atom stereocenters. The zero-order valence-corrected chi connectivity index (χ0v) is 18.8. The van der Waals surface area contributed by atoms with E-state index in [1.807, 2.05) is 44.2 Å². The Morgan fingerprint density at radius 3 is 2.64 bits per heavy atom. The molecule has 7 nitrogen and oxygen atoms in total. The van der Waals surface area contributed by atoms with Crippen LogP contribution >= 0.6 is 0 Å². The first kappa shape index (κ1) is 21.1. The number of rotatable bonds is 5. The van der Waals surface area contributed by atoms with E-state index in [1.165, 1.54) is 7.11 Å². The third-order valence-corrected chi connectivity index (χ3v) is 6.46. The van der Waals surface area contributed by atoms with Crippen LogP contribution in [0, 0.1) is 6.92 Å². The predicted molar refractivity (Wildman–Crippen MR) is 123 cm³/mol. The Balaban J connectivity index is 1.56. The van der Waals surface area contributed by atoms with Crippen LogP contribution in [0.3, 0.4) is 0 Å². The Morgan fingerprint density at radius 2 is 1.91 bits per heavy atom. The van der Waals surface area contributed by atoms with Gasteiger partial charge in [-0.1, -0.05) is 23.4 Å². The Hall–Kier alpha value is -3.74. The maximum Gasteiger partial charge on any atom is 0.233 e. The normalized spacial score (nSPS) is 19.5. The molecule has 0 amide bonds. The first-order chi connectivity index (χ1) is 16.0. The van der Waals surface area contributed by atoms with E-state index in [4.69, 9.17) is 14.0 Å². The molecule has 0 fully saturated rings. The molecule has 0 radical (unpaired) electrons. The number of hydrogen-bond acceptors (Lipinski definition) is 7. The summed E-state index contributed by atoms with van der Waals surface area (Å²) in [6.45, 7) is 4.44. The van der Waals surface area contributed by atoms with Gasteiger partial charge in [0.05, 0.1) is 25.0 Å². The number of fused-ring (bicyclic) bond motifs is 1. The highest BCUT2D eigenvalue weighted by atomic mass is 16.5. The number of Topliss-reactive ketones (excluding diaryl/α,β-unsaturated/α-hetero) is 1. The number of anilines is 1. The standard InChI is InChI=1S/C26H26N2O5/c1-4-32-18-8-5-15(6-9-18)24-23-14(2)28-33-26(23)27-19-11-17(12-21(30)25(19)24)16-7-10-20(29)22(13-16)31-3/h5-10,13,17,24,27,29H,4,11-12H2,1-3H3. The van der Waals surface area contributed by atoms with E-state index in [0.29, 0.717) is 31.1 Å². The number of aryl methyl sites for hydroxylation is 1. The molecule has 0 saturated carbocycles. The van der Waals surface area contributed by atoms with Crippen molar-refractivity contribution >= 4 is 11.7 Å². The molecule has 2 aliphatic rings. The van der Waals surface area contributed by atoms with Crippen molar-refractivity contribution in [2.45, 2.75) is 38.5 Å². The number of carbonyl (C=O) groups excluding carboxylic acids is 1. The van der Waals surface area contributed by atoms with Gasteiger partial charge < -0.3 is 24.4 Å². The van der Waals surface area contributed by atoms with Gasteiger partial charge in [0.15, 0.2) is 17.3 Å².